The summed E-state index contributed by atoms with van der Waals surface area (Å²) in [5.74, 6) is 3.10. The highest BCUT2D eigenvalue weighted by atomic mass is 35.5. The van der Waals surface area contributed by atoms with Gasteiger partial charge in [-0.2, -0.15) is 5.10 Å². The fraction of sp³-hybridized carbons (Fsp3) is 0.429. The van der Waals surface area contributed by atoms with Gasteiger partial charge < -0.3 is 14.4 Å². The number of alkyl halides is 4. The Morgan fingerprint density at radius 2 is 2.02 bits per heavy atom. The molecule has 42 heavy (non-hydrogen) atoms. The molecule has 3 aromatic rings. The van der Waals surface area contributed by atoms with Crippen molar-refractivity contribution in [2.75, 3.05) is 19.7 Å². The highest BCUT2D eigenvalue weighted by Gasteiger charge is 2.32. The first-order valence-electron chi connectivity index (χ1n) is 13.2. The molecule has 0 bridgehead atoms. The number of aromatic nitrogens is 3. The molecule has 0 aliphatic carbocycles. The van der Waals surface area contributed by atoms with Crippen molar-refractivity contribution in [3.8, 4) is 18.1 Å². The van der Waals surface area contributed by atoms with Gasteiger partial charge in [0.25, 0.3) is 12.9 Å². The van der Waals surface area contributed by atoms with E-state index in [0.717, 1.165) is 9.69 Å². The van der Waals surface area contributed by atoms with Gasteiger partial charge in [-0.1, -0.05) is 28.7 Å². The zero-order chi connectivity index (χ0) is 29.8. The van der Waals surface area contributed by atoms with Gasteiger partial charge in [0.2, 0.25) is 0 Å². The molecule has 1 fully saturated rings. The van der Waals surface area contributed by atoms with Crippen molar-refractivity contribution in [1.82, 2.24) is 19.7 Å². The van der Waals surface area contributed by atoms with Gasteiger partial charge in [-0.25, -0.2) is 22.5 Å². The summed E-state index contributed by atoms with van der Waals surface area (Å²) in [5.41, 5.74) is 0.690. The third kappa shape index (κ3) is 6.45. The second kappa shape index (κ2) is 13.2. The number of terminal acetylenes is 1. The van der Waals surface area contributed by atoms with Crippen LogP contribution in [-0.4, -0.2) is 57.4 Å². The van der Waals surface area contributed by atoms with Gasteiger partial charge in [0.15, 0.2) is 6.10 Å². The Balaban J connectivity index is 1.20. The molecule has 1 saturated heterocycles. The summed E-state index contributed by atoms with van der Waals surface area (Å²) in [7, 11) is 0. The number of benzene rings is 1. The van der Waals surface area contributed by atoms with Crippen LogP contribution in [0.5, 0.6) is 5.75 Å². The smallest absolute Gasteiger partial charge is 0.282 e. The Hall–Kier alpha value is -3.47. The molecular weight excluding hydrogens is 598 g/mol. The maximum atomic E-state index is 13.4. The lowest BCUT2D eigenvalue weighted by Crippen LogP contribution is -2.44. The van der Waals surface area contributed by atoms with Crippen molar-refractivity contribution in [2.24, 2.45) is 5.16 Å². The monoisotopic (exact) mass is 623 g/mol. The first kappa shape index (κ1) is 30.0. The Morgan fingerprint density at radius 3 is 2.71 bits per heavy atom. The maximum Gasteiger partial charge on any atom is 0.282 e. The van der Waals surface area contributed by atoms with Gasteiger partial charge in [-0.15, -0.1) is 17.8 Å². The molecule has 2 aromatic heterocycles. The molecule has 0 N–H and O–H groups in total. The Bertz CT molecular complexity index is 1480. The number of ether oxygens (including phenoxy) is 1. The molecule has 1 aromatic carbocycles. The van der Waals surface area contributed by atoms with Crippen molar-refractivity contribution < 1.29 is 31.9 Å². The van der Waals surface area contributed by atoms with Gasteiger partial charge in [0, 0.05) is 17.7 Å². The SMILES string of the molecule is C#CCOc1cccc(Cl)c1C1CC(c2csc(C3CCN(C(C=O)Cn4nc(C(F)F)cc4C(F)F)CC3)n2)=NO1. The molecule has 222 valence electrons. The van der Waals surface area contributed by atoms with E-state index in [1.807, 2.05) is 10.3 Å². The van der Waals surface area contributed by atoms with E-state index >= 15 is 0 Å². The van der Waals surface area contributed by atoms with Crippen molar-refractivity contribution in [1.29, 1.82) is 0 Å². The van der Waals surface area contributed by atoms with Crippen LogP contribution in [-0.2, 0) is 16.2 Å². The molecule has 2 unspecified atom stereocenters. The summed E-state index contributed by atoms with van der Waals surface area (Å²) in [6, 6.07) is 5.20. The number of piperidine rings is 1. The van der Waals surface area contributed by atoms with Gasteiger partial charge in [0.05, 0.1) is 33.9 Å². The number of aldehydes is 1. The summed E-state index contributed by atoms with van der Waals surface area (Å²) in [6.45, 7) is 0.878. The Kier molecular flexibility index (Phi) is 9.45. The van der Waals surface area contributed by atoms with Gasteiger partial charge in [-0.05, 0) is 44.1 Å². The number of hydrogen-bond acceptors (Lipinski definition) is 8. The first-order valence-corrected chi connectivity index (χ1v) is 14.4. The molecule has 2 atom stereocenters. The number of thiazole rings is 1. The minimum absolute atomic E-state index is 0.0925. The number of carbonyl (C=O) groups is 1. The van der Waals surface area contributed by atoms with Gasteiger partial charge >= 0.3 is 0 Å². The first-order chi connectivity index (χ1) is 20.3. The van der Waals surface area contributed by atoms with Crippen LogP contribution in [0.2, 0.25) is 5.02 Å². The molecule has 8 nitrogen and oxygen atoms in total. The van der Waals surface area contributed by atoms with Crippen LogP contribution in [0.25, 0.3) is 0 Å². The number of nitrogens with zero attached hydrogens (tertiary/aromatic N) is 5. The molecule has 0 amide bonds. The summed E-state index contributed by atoms with van der Waals surface area (Å²) >= 11 is 7.95. The van der Waals surface area contributed by atoms with Gasteiger partial charge in [-0.3, -0.25) is 9.58 Å². The van der Waals surface area contributed by atoms with E-state index in [-0.39, 0.29) is 19.1 Å². The number of halogens is 5. The predicted molar refractivity (Wildman–Crippen MR) is 148 cm³/mol. The largest absolute Gasteiger partial charge is 0.480 e. The van der Waals surface area contributed by atoms with Crippen molar-refractivity contribution >= 4 is 34.9 Å². The summed E-state index contributed by atoms with van der Waals surface area (Å²) in [6.07, 6.45) is 1.37. The van der Waals surface area contributed by atoms with E-state index in [4.69, 9.17) is 32.6 Å². The molecule has 5 rings (SSSR count). The average molecular weight is 624 g/mol. The van der Waals surface area contributed by atoms with E-state index in [1.165, 1.54) is 11.3 Å². The number of likely N-dealkylation sites (tertiary alicyclic amines) is 1. The quantitative estimate of drug-likeness (QED) is 0.144. The molecular formula is C28H26ClF4N5O3S. The fourth-order valence-corrected chi connectivity index (χ4v) is 6.43. The zero-order valence-electron chi connectivity index (χ0n) is 22.1. The normalized spacial score (nSPS) is 18.6. The van der Waals surface area contributed by atoms with Crippen LogP contribution in [0, 0.1) is 12.3 Å². The third-order valence-corrected chi connectivity index (χ3v) is 8.61. The van der Waals surface area contributed by atoms with E-state index < -0.39 is 36.4 Å². The number of oxime groups is 1. The molecule has 0 saturated carbocycles. The number of rotatable bonds is 11. The van der Waals surface area contributed by atoms with Crippen molar-refractivity contribution in [3.63, 3.8) is 0 Å². The van der Waals surface area contributed by atoms with Crippen molar-refractivity contribution in [3.05, 3.63) is 62.3 Å². The molecule has 4 heterocycles. The van der Waals surface area contributed by atoms with E-state index in [9.17, 15) is 22.4 Å². The topological polar surface area (TPSA) is 81.8 Å². The van der Waals surface area contributed by atoms with Crippen LogP contribution in [0.4, 0.5) is 17.6 Å². The van der Waals surface area contributed by atoms with Crippen LogP contribution in [0.1, 0.15) is 71.8 Å². The van der Waals surface area contributed by atoms with Crippen LogP contribution in [0.3, 0.4) is 0 Å². The fourth-order valence-electron chi connectivity index (χ4n) is 5.15. The van der Waals surface area contributed by atoms with E-state index in [1.54, 1.807) is 18.2 Å². The standard InChI is InChI=1S/C28H26ClF4N5O3S/c1-2-10-40-23-5-3-4-18(29)25(23)24-12-19(36-41-24)21-15-42-28(34-21)16-6-8-37(9-7-16)17(14-39)13-38-22(27(32)33)11-20(35-38)26(30)31/h1,3-5,11,14-17,24,26-27H,6-10,12-13H2. The lowest BCUT2D eigenvalue weighted by atomic mass is 9.96. The second-order valence-corrected chi connectivity index (χ2v) is 11.1. The van der Waals surface area contributed by atoms with Gasteiger partial charge in [0.1, 0.15) is 35.7 Å². The summed E-state index contributed by atoms with van der Waals surface area (Å²) < 4.78 is 59.3. The van der Waals surface area contributed by atoms with Crippen LogP contribution < -0.4 is 4.74 Å². The van der Waals surface area contributed by atoms with Crippen molar-refractivity contribution in [2.45, 2.75) is 56.7 Å². The highest BCUT2D eigenvalue weighted by Crippen LogP contribution is 2.40. The van der Waals surface area contributed by atoms with E-state index in [0.29, 0.717) is 72.4 Å². The van der Waals surface area contributed by atoms with E-state index in [2.05, 4.69) is 16.2 Å². The number of carbonyl (C=O) groups excluding carboxylic acids is 1. The Labute approximate surface area is 248 Å². The molecule has 2 aliphatic rings. The molecule has 0 radical (unpaired) electrons. The second-order valence-electron chi connectivity index (χ2n) is 9.84. The molecule has 14 heteroatoms. The summed E-state index contributed by atoms with van der Waals surface area (Å²) in [4.78, 5) is 24.2. The molecule has 0 spiro atoms. The molecule has 2 aliphatic heterocycles. The predicted octanol–water partition coefficient (Wildman–Crippen LogP) is 6.19. The number of hydrogen-bond donors (Lipinski definition) is 0. The lowest BCUT2D eigenvalue weighted by molar-refractivity contribution is -0.113. The zero-order valence-corrected chi connectivity index (χ0v) is 23.7. The Morgan fingerprint density at radius 1 is 1.24 bits per heavy atom. The summed E-state index contributed by atoms with van der Waals surface area (Å²) in [5, 5.41) is 11.2. The third-order valence-electron chi connectivity index (χ3n) is 7.27. The minimum atomic E-state index is -2.99. The van der Waals surface area contributed by atoms with Crippen LogP contribution >= 0.6 is 22.9 Å². The maximum absolute atomic E-state index is 13.4. The minimum Gasteiger partial charge on any atom is -0.480 e. The average Bonchev–Trinajstić information content (AvgIpc) is 3.75. The lowest BCUT2D eigenvalue weighted by Gasteiger charge is -2.34. The van der Waals surface area contributed by atoms with Crippen LogP contribution in [0.15, 0.2) is 34.8 Å². The highest BCUT2D eigenvalue weighted by molar-refractivity contribution is 7.10.